The predicted molar refractivity (Wildman–Crippen MR) is 97.8 cm³/mol. The molecule has 1 N–H and O–H groups in total. The number of carbonyl (C=O) groups excluding carboxylic acids is 1. The van der Waals surface area contributed by atoms with Crippen LogP contribution in [0, 0.1) is 13.8 Å². The maximum Gasteiger partial charge on any atom is 0.256 e. The van der Waals surface area contributed by atoms with E-state index in [0.717, 1.165) is 54.7 Å². The van der Waals surface area contributed by atoms with Crippen molar-refractivity contribution in [3.8, 4) is 5.75 Å². The van der Waals surface area contributed by atoms with Gasteiger partial charge in [0.25, 0.3) is 5.91 Å². The van der Waals surface area contributed by atoms with Crippen molar-refractivity contribution in [2.75, 3.05) is 12.4 Å². The third kappa shape index (κ3) is 4.10. The van der Waals surface area contributed by atoms with Crippen molar-refractivity contribution in [1.82, 2.24) is 0 Å². The molecular weight excluding hydrogens is 302 g/mol. The summed E-state index contributed by atoms with van der Waals surface area (Å²) in [7, 11) is 1.64. The molecular formula is C20H31NO3. The Kier molecular flexibility index (Phi) is 6.27. The number of carbonyl (C=O) groups is 1. The minimum Gasteiger partial charge on any atom is -0.490 e. The SMILES string of the molecule is CC[C@H](C)Oc1c(C)cc(NC(=O)C2(OC)CCCCC2)cc1C. The van der Waals surface area contributed by atoms with E-state index in [9.17, 15) is 4.79 Å². The lowest BCUT2D eigenvalue weighted by atomic mass is 9.84. The van der Waals surface area contributed by atoms with Crippen LogP contribution >= 0.6 is 0 Å². The number of rotatable bonds is 6. The van der Waals surface area contributed by atoms with Crippen LogP contribution in [0.3, 0.4) is 0 Å². The van der Waals surface area contributed by atoms with E-state index < -0.39 is 5.60 Å². The molecule has 0 spiro atoms. The third-order valence-corrected chi connectivity index (χ3v) is 5.08. The molecule has 134 valence electrons. The number of benzene rings is 1. The van der Waals surface area contributed by atoms with Gasteiger partial charge in [-0.25, -0.2) is 0 Å². The maximum absolute atomic E-state index is 12.8. The highest BCUT2D eigenvalue weighted by molar-refractivity contribution is 5.97. The number of ether oxygens (including phenoxy) is 2. The Balaban J connectivity index is 2.16. The average molecular weight is 333 g/mol. The molecule has 4 nitrogen and oxygen atoms in total. The van der Waals surface area contributed by atoms with E-state index in [1.54, 1.807) is 7.11 Å². The molecule has 0 heterocycles. The number of hydrogen-bond donors (Lipinski definition) is 1. The Labute approximate surface area is 145 Å². The van der Waals surface area contributed by atoms with Crippen LogP contribution in [0.5, 0.6) is 5.75 Å². The molecule has 4 heteroatoms. The van der Waals surface area contributed by atoms with Gasteiger partial charge < -0.3 is 14.8 Å². The van der Waals surface area contributed by atoms with Crippen molar-refractivity contribution in [1.29, 1.82) is 0 Å². The van der Waals surface area contributed by atoms with Crippen LogP contribution < -0.4 is 10.1 Å². The van der Waals surface area contributed by atoms with Gasteiger partial charge in [0, 0.05) is 12.8 Å². The smallest absolute Gasteiger partial charge is 0.256 e. The summed E-state index contributed by atoms with van der Waals surface area (Å²) in [5.41, 5.74) is 2.22. The monoisotopic (exact) mass is 333 g/mol. The Morgan fingerprint density at radius 2 is 1.79 bits per heavy atom. The lowest BCUT2D eigenvalue weighted by Gasteiger charge is -2.34. The zero-order chi connectivity index (χ0) is 17.7. The van der Waals surface area contributed by atoms with E-state index in [4.69, 9.17) is 9.47 Å². The lowest BCUT2D eigenvalue weighted by molar-refractivity contribution is -0.141. The minimum atomic E-state index is -0.675. The maximum atomic E-state index is 12.8. The fourth-order valence-electron chi connectivity index (χ4n) is 3.38. The number of methoxy groups -OCH3 is 1. The first-order valence-electron chi connectivity index (χ1n) is 9.06. The summed E-state index contributed by atoms with van der Waals surface area (Å²) >= 11 is 0. The molecule has 0 aliphatic heterocycles. The molecule has 0 bridgehead atoms. The summed E-state index contributed by atoms with van der Waals surface area (Å²) in [4.78, 5) is 12.8. The number of amides is 1. The number of nitrogens with one attached hydrogen (secondary N) is 1. The standard InChI is InChI=1S/C20H31NO3/c1-6-16(4)24-18-14(2)12-17(13-15(18)3)21-19(22)20(23-5)10-8-7-9-11-20/h12-13,16H,6-11H2,1-5H3,(H,21,22)/t16-/m0/s1. The molecule has 24 heavy (non-hydrogen) atoms. The van der Waals surface area contributed by atoms with E-state index in [2.05, 4.69) is 19.2 Å². The van der Waals surface area contributed by atoms with Crippen LogP contribution in [0.4, 0.5) is 5.69 Å². The lowest BCUT2D eigenvalue weighted by Crippen LogP contribution is -2.46. The summed E-state index contributed by atoms with van der Waals surface area (Å²) in [6, 6.07) is 3.96. The molecule has 1 fully saturated rings. The van der Waals surface area contributed by atoms with Crippen molar-refractivity contribution in [2.45, 2.75) is 77.9 Å². The van der Waals surface area contributed by atoms with Gasteiger partial charge in [-0.3, -0.25) is 4.79 Å². The van der Waals surface area contributed by atoms with E-state index >= 15 is 0 Å². The van der Waals surface area contributed by atoms with Gasteiger partial charge >= 0.3 is 0 Å². The zero-order valence-electron chi connectivity index (χ0n) is 15.7. The molecule has 1 aromatic rings. The van der Waals surface area contributed by atoms with Gasteiger partial charge in [0.1, 0.15) is 11.4 Å². The molecule has 1 aliphatic carbocycles. The average Bonchev–Trinajstić information content (AvgIpc) is 2.58. The van der Waals surface area contributed by atoms with Crippen molar-refractivity contribution >= 4 is 11.6 Å². The molecule has 0 radical (unpaired) electrons. The molecule has 0 unspecified atom stereocenters. The van der Waals surface area contributed by atoms with Crippen LogP contribution in [0.1, 0.15) is 63.5 Å². The van der Waals surface area contributed by atoms with E-state index in [1.165, 1.54) is 6.42 Å². The fourth-order valence-corrected chi connectivity index (χ4v) is 3.38. The Morgan fingerprint density at radius 3 is 2.29 bits per heavy atom. The quantitative estimate of drug-likeness (QED) is 0.816. The van der Waals surface area contributed by atoms with Crippen molar-refractivity contribution in [3.63, 3.8) is 0 Å². The number of anilines is 1. The van der Waals surface area contributed by atoms with Gasteiger partial charge in [0.15, 0.2) is 0 Å². The van der Waals surface area contributed by atoms with Crippen molar-refractivity contribution < 1.29 is 14.3 Å². The van der Waals surface area contributed by atoms with Crippen LogP contribution in [0.25, 0.3) is 0 Å². The Morgan fingerprint density at radius 1 is 1.21 bits per heavy atom. The molecule has 1 aliphatic rings. The van der Waals surface area contributed by atoms with Gasteiger partial charge in [-0.2, -0.15) is 0 Å². The Bertz CT molecular complexity index is 553. The second-order valence-corrected chi connectivity index (χ2v) is 6.99. The molecule has 1 saturated carbocycles. The van der Waals surface area contributed by atoms with Crippen LogP contribution in [-0.2, 0) is 9.53 Å². The third-order valence-electron chi connectivity index (χ3n) is 5.08. The summed E-state index contributed by atoms with van der Waals surface area (Å²) in [6.07, 6.45) is 6.00. The summed E-state index contributed by atoms with van der Waals surface area (Å²) in [5, 5.41) is 3.06. The van der Waals surface area contributed by atoms with Crippen molar-refractivity contribution in [3.05, 3.63) is 23.3 Å². The molecule has 1 atom stereocenters. The highest BCUT2D eigenvalue weighted by Crippen LogP contribution is 2.33. The van der Waals surface area contributed by atoms with Crippen LogP contribution in [0.2, 0.25) is 0 Å². The normalized spacial score (nSPS) is 18.0. The van der Waals surface area contributed by atoms with Crippen molar-refractivity contribution in [2.24, 2.45) is 0 Å². The second kappa shape index (κ2) is 8.02. The number of aryl methyl sites for hydroxylation is 2. The largest absolute Gasteiger partial charge is 0.490 e. The summed E-state index contributed by atoms with van der Waals surface area (Å²) in [5.74, 6) is 0.889. The predicted octanol–water partition coefficient (Wildman–Crippen LogP) is 4.77. The molecule has 0 saturated heterocycles. The molecule has 2 rings (SSSR count). The first-order chi connectivity index (χ1) is 11.4. The number of hydrogen-bond acceptors (Lipinski definition) is 3. The minimum absolute atomic E-state index is 0.0286. The van der Waals surface area contributed by atoms with E-state index in [1.807, 2.05) is 26.0 Å². The Hall–Kier alpha value is -1.55. The first kappa shape index (κ1) is 18.8. The second-order valence-electron chi connectivity index (χ2n) is 6.99. The highest BCUT2D eigenvalue weighted by Gasteiger charge is 2.39. The van der Waals surface area contributed by atoms with Crippen LogP contribution in [-0.4, -0.2) is 24.7 Å². The molecule has 0 aromatic heterocycles. The zero-order valence-corrected chi connectivity index (χ0v) is 15.7. The van der Waals surface area contributed by atoms with E-state index in [-0.39, 0.29) is 12.0 Å². The van der Waals surface area contributed by atoms with Gasteiger partial charge in [-0.15, -0.1) is 0 Å². The summed E-state index contributed by atoms with van der Waals surface area (Å²) in [6.45, 7) is 8.22. The molecule has 1 amide bonds. The van der Waals surface area contributed by atoms with Gasteiger partial charge in [0.2, 0.25) is 0 Å². The first-order valence-corrected chi connectivity index (χ1v) is 9.06. The van der Waals surface area contributed by atoms with Gasteiger partial charge in [-0.05, 0) is 63.3 Å². The van der Waals surface area contributed by atoms with Crippen LogP contribution in [0.15, 0.2) is 12.1 Å². The summed E-state index contributed by atoms with van der Waals surface area (Å²) < 4.78 is 11.6. The van der Waals surface area contributed by atoms with Gasteiger partial charge in [0.05, 0.1) is 6.10 Å². The fraction of sp³-hybridized carbons (Fsp3) is 0.650. The van der Waals surface area contributed by atoms with Gasteiger partial charge in [-0.1, -0.05) is 26.2 Å². The van der Waals surface area contributed by atoms with E-state index in [0.29, 0.717) is 0 Å². The highest BCUT2D eigenvalue weighted by atomic mass is 16.5. The molecule has 1 aromatic carbocycles. The topological polar surface area (TPSA) is 47.6 Å².